The SMILES string of the molecule is CCCCCC1=C(OC(C)=O)CCC1O. The van der Waals surface area contributed by atoms with Gasteiger partial charge in [0, 0.05) is 13.3 Å². The van der Waals surface area contributed by atoms with Crippen LogP contribution in [0.5, 0.6) is 0 Å². The van der Waals surface area contributed by atoms with Gasteiger partial charge in [0.25, 0.3) is 0 Å². The van der Waals surface area contributed by atoms with E-state index in [1.165, 1.54) is 6.92 Å². The maximum Gasteiger partial charge on any atom is 0.307 e. The second-order valence-corrected chi connectivity index (χ2v) is 4.05. The van der Waals surface area contributed by atoms with Gasteiger partial charge in [0.1, 0.15) is 5.76 Å². The van der Waals surface area contributed by atoms with Crippen molar-refractivity contribution in [3.8, 4) is 0 Å². The first kappa shape index (κ1) is 12.2. The van der Waals surface area contributed by atoms with Gasteiger partial charge < -0.3 is 9.84 Å². The summed E-state index contributed by atoms with van der Waals surface area (Å²) in [6.45, 7) is 3.55. The highest BCUT2D eigenvalue weighted by Crippen LogP contribution is 2.31. The number of unbranched alkanes of at least 4 members (excludes halogenated alkanes) is 2. The van der Waals surface area contributed by atoms with E-state index in [9.17, 15) is 9.90 Å². The third-order valence-corrected chi connectivity index (χ3v) is 2.72. The lowest BCUT2D eigenvalue weighted by Crippen LogP contribution is -2.06. The number of allylic oxidation sites excluding steroid dienone is 1. The molecular weight excluding hydrogens is 192 g/mol. The lowest BCUT2D eigenvalue weighted by atomic mass is 10.1. The Balaban J connectivity index is 2.55. The molecule has 1 aliphatic carbocycles. The maximum atomic E-state index is 10.8. The minimum absolute atomic E-state index is 0.285. The highest BCUT2D eigenvalue weighted by molar-refractivity contribution is 5.67. The molecule has 0 aliphatic heterocycles. The van der Waals surface area contributed by atoms with E-state index < -0.39 is 6.10 Å². The summed E-state index contributed by atoms with van der Waals surface area (Å²) in [5, 5.41) is 9.72. The van der Waals surface area contributed by atoms with Crippen molar-refractivity contribution in [1.82, 2.24) is 0 Å². The molecule has 3 nitrogen and oxygen atoms in total. The van der Waals surface area contributed by atoms with Gasteiger partial charge in [-0.1, -0.05) is 19.8 Å². The molecule has 1 rings (SSSR count). The van der Waals surface area contributed by atoms with Crippen molar-refractivity contribution < 1.29 is 14.6 Å². The number of esters is 1. The highest BCUT2D eigenvalue weighted by atomic mass is 16.5. The predicted octanol–water partition coefficient (Wildman–Crippen LogP) is 2.54. The van der Waals surface area contributed by atoms with E-state index in [4.69, 9.17) is 4.74 Å². The van der Waals surface area contributed by atoms with E-state index in [1.807, 2.05) is 0 Å². The number of carbonyl (C=O) groups excluding carboxylic acids is 1. The van der Waals surface area contributed by atoms with Gasteiger partial charge in [0.2, 0.25) is 0 Å². The van der Waals surface area contributed by atoms with Gasteiger partial charge in [-0.05, 0) is 24.8 Å². The molecule has 0 aromatic carbocycles. The highest BCUT2D eigenvalue weighted by Gasteiger charge is 2.25. The smallest absolute Gasteiger partial charge is 0.307 e. The normalized spacial score (nSPS) is 20.9. The topological polar surface area (TPSA) is 46.5 Å². The second kappa shape index (κ2) is 5.91. The second-order valence-electron chi connectivity index (χ2n) is 4.05. The Bertz CT molecular complexity index is 256. The summed E-state index contributed by atoms with van der Waals surface area (Å²) in [4.78, 5) is 10.8. The molecule has 15 heavy (non-hydrogen) atoms. The molecule has 0 amide bonds. The summed E-state index contributed by atoms with van der Waals surface area (Å²) in [5.74, 6) is 0.429. The number of rotatable bonds is 5. The molecule has 1 unspecified atom stereocenters. The fraction of sp³-hybridized carbons (Fsp3) is 0.750. The maximum absolute atomic E-state index is 10.8. The molecule has 1 N–H and O–H groups in total. The van der Waals surface area contributed by atoms with E-state index in [0.29, 0.717) is 18.6 Å². The van der Waals surface area contributed by atoms with Crippen LogP contribution in [0.3, 0.4) is 0 Å². The lowest BCUT2D eigenvalue weighted by molar-refractivity contribution is -0.137. The van der Waals surface area contributed by atoms with Crippen LogP contribution in [0.1, 0.15) is 52.4 Å². The van der Waals surface area contributed by atoms with Crippen LogP contribution in [-0.2, 0) is 9.53 Å². The summed E-state index contributed by atoms with van der Waals surface area (Å²) < 4.78 is 5.11. The molecular formula is C12H20O3. The monoisotopic (exact) mass is 212 g/mol. The average molecular weight is 212 g/mol. The number of hydrogen-bond acceptors (Lipinski definition) is 3. The zero-order valence-electron chi connectivity index (χ0n) is 9.58. The molecule has 0 heterocycles. The lowest BCUT2D eigenvalue weighted by Gasteiger charge is -2.09. The standard InChI is InChI=1S/C12H20O3/c1-3-4-5-6-10-11(14)7-8-12(10)15-9(2)13/h11,14H,3-8H2,1-2H3. The fourth-order valence-corrected chi connectivity index (χ4v) is 1.95. The summed E-state index contributed by atoms with van der Waals surface area (Å²) in [7, 11) is 0. The zero-order chi connectivity index (χ0) is 11.3. The van der Waals surface area contributed by atoms with Gasteiger partial charge in [-0.2, -0.15) is 0 Å². The fourth-order valence-electron chi connectivity index (χ4n) is 1.95. The molecule has 0 bridgehead atoms. The van der Waals surface area contributed by atoms with Gasteiger partial charge in [-0.25, -0.2) is 0 Å². The van der Waals surface area contributed by atoms with Crippen LogP contribution in [-0.4, -0.2) is 17.2 Å². The van der Waals surface area contributed by atoms with Crippen LogP contribution < -0.4 is 0 Å². The Hall–Kier alpha value is -0.830. The Morgan fingerprint density at radius 3 is 2.87 bits per heavy atom. The summed E-state index contributed by atoms with van der Waals surface area (Å²) in [6.07, 6.45) is 5.24. The molecule has 0 fully saturated rings. The number of ether oxygens (including phenoxy) is 1. The van der Waals surface area contributed by atoms with Crippen molar-refractivity contribution in [3.05, 3.63) is 11.3 Å². The molecule has 0 spiro atoms. The summed E-state index contributed by atoms with van der Waals surface area (Å²) in [6, 6.07) is 0. The van der Waals surface area contributed by atoms with Crippen LogP contribution in [0.2, 0.25) is 0 Å². The predicted molar refractivity (Wildman–Crippen MR) is 58.2 cm³/mol. The van der Waals surface area contributed by atoms with Gasteiger partial charge >= 0.3 is 5.97 Å². The van der Waals surface area contributed by atoms with Crippen LogP contribution >= 0.6 is 0 Å². The molecule has 0 radical (unpaired) electrons. The molecule has 0 aromatic rings. The Labute approximate surface area is 91.1 Å². The van der Waals surface area contributed by atoms with E-state index in [1.54, 1.807) is 0 Å². The first-order valence-corrected chi connectivity index (χ1v) is 5.73. The quantitative estimate of drug-likeness (QED) is 0.562. The summed E-state index contributed by atoms with van der Waals surface area (Å²) >= 11 is 0. The Morgan fingerprint density at radius 1 is 1.53 bits per heavy atom. The van der Waals surface area contributed by atoms with Gasteiger partial charge in [-0.15, -0.1) is 0 Å². The van der Waals surface area contributed by atoms with Gasteiger partial charge in [0.05, 0.1) is 6.10 Å². The van der Waals surface area contributed by atoms with E-state index in [0.717, 1.165) is 31.3 Å². The molecule has 0 saturated heterocycles. The van der Waals surface area contributed by atoms with E-state index in [-0.39, 0.29) is 5.97 Å². The third-order valence-electron chi connectivity index (χ3n) is 2.72. The Kier molecular flexibility index (Phi) is 4.82. The number of carbonyl (C=O) groups is 1. The van der Waals surface area contributed by atoms with Crippen molar-refractivity contribution >= 4 is 5.97 Å². The van der Waals surface area contributed by atoms with Crippen molar-refractivity contribution in [2.45, 2.75) is 58.5 Å². The van der Waals surface area contributed by atoms with Crippen LogP contribution in [0.15, 0.2) is 11.3 Å². The van der Waals surface area contributed by atoms with Gasteiger partial charge in [0.15, 0.2) is 0 Å². The first-order valence-electron chi connectivity index (χ1n) is 5.73. The van der Waals surface area contributed by atoms with E-state index >= 15 is 0 Å². The molecule has 1 atom stereocenters. The van der Waals surface area contributed by atoms with Crippen molar-refractivity contribution in [3.63, 3.8) is 0 Å². The third kappa shape index (κ3) is 3.67. The largest absolute Gasteiger partial charge is 0.431 e. The molecule has 0 aromatic heterocycles. The Morgan fingerprint density at radius 2 is 2.27 bits per heavy atom. The first-order chi connectivity index (χ1) is 7.15. The number of aliphatic hydroxyl groups is 1. The molecule has 86 valence electrons. The number of aliphatic hydroxyl groups excluding tert-OH is 1. The van der Waals surface area contributed by atoms with Gasteiger partial charge in [-0.3, -0.25) is 4.79 Å². The van der Waals surface area contributed by atoms with Crippen LogP contribution in [0.4, 0.5) is 0 Å². The molecule has 1 aliphatic rings. The van der Waals surface area contributed by atoms with Crippen molar-refractivity contribution in [2.75, 3.05) is 0 Å². The van der Waals surface area contributed by atoms with E-state index in [2.05, 4.69) is 6.92 Å². The minimum atomic E-state index is -0.392. The molecule has 3 heteroatoms. The van der Waals surface area contributed by atoms with Crippen molar-refractivity contribution in [2.24, 2.45) is 0 Å². The van der Waals surface area contributed by atoms with Crippen LogP contribution in [0.25, 0.3) is 0 Å². The minimum Gasteiger partial charge on any atom is -0.431 e. The number of hydrogen-bond donors (Lipinski definition) is 1. The van der Waals surface area contributed by atoms with Crippen molar-refractivity contribution in [1.29, 1.82) is 0 Å². The zero-order valence-corrected chi connectivity index (χ0v) is 9.58. The van der Waals surface area contributed by atoms with Crippen LogP contribution in [0, 0.1) is 0 Å². The summed E-state index contributed by atoms with van der Waals surface area (Å²) in [5.41, 5.74) is 0.943. The average Bonchev–Trinajstić information content (AvgIpc) is 2.49. The molecule has 0 saturated carbocycles.